The number of halogens is 2. The van der Waals surface area contributed by atoms with Crippen LogP contribution in [0, 0.1) is 0 Å². The molecule has 2 bridgehead atoms. The molecule has 0 aromatic rings. The summed E-state index contributed by atoms with van der Waals surface area (Å²) >= 11 is 0. The molecular weight excluding hydrogens is 275 g/mol. The van der Waals surface area contributed by atoms with Gasteiger partial charge >= 0.3 is 0 Å². The Bertz CT molecular complexity index is 278. The highest BCUT2D eigenvalue weighted by Gasteiger charge is 2.49. The van der Waals surface area contributed by atoms with E-state index in [1.807, 2.05) is 0 Å². The molecule has 0 aromatic carbocycles. The number of ketones is 2. The summed E-state index contributed by atoms with van der Waals surface area (Å²) in [6.45, 7) is 11.2. The zero-order valence-electron chi connectivity index (χ0n) is 11.1. The van der Waals surface area contributed by atoms with Gasteiger partial charge in [0.15, 0.2) is 11.6 Å². The average molecular weight is 297 g/mol. The van der Waals surface area contributed by atoms with E-state index in [-0.39, 0.29) is 24.8 Å². The third-order valence-electron chi connectivity index (χ3n) is 4.26. The predicted octanol–water partition coefficient (Wildman–Crippen LogP) is -6.17. The summed E-state index contributed by atoms with van der Waals surface area (Å²) in [6.07, 6.45) is 0. The number of piperazine rings is 3. The Morgan fingerprint density at radius 2 is 0.944 bits per heavy atom. The molecule has 6 heteroatoms. The van der Waals surface area contributed by atoms with Crippen molar-refractivity contribution in [3.8, 4) is 0 Å². The van der Waals surface area contributed by atoms with Gasteiger partial charge in [0.25, 0.3) is 0 Å². The molecule has 3 aliphatic rings. The summed E-state index contributed by atoms with van der Waals surface area (Å²) in [5.74, 6) is 0.599. The van der Waals surface area contributed by atoms with Crippen LogP contribution in [-0.2, 0) is 9.59 Å². The van der Waals surface area contributed by atoms with Crippen molar-refractivity contribution in [2.24, 2.45) is 0 Å². The highest BCUT2D eigenvalue weighted by Crippen LogP contribution is 2.26. The average Bonchev–Trinajstić information content (AvgIpc) is 2.18. The number of Topliss-reactive ketones (excluding diaryl/α,β-unsaturated/α-hetero) is 2. The zero-order valence-corrected chi connectivity index (χ0v) is 12.6. The van der Waals surface area contributed by atoms with Gasteiger partial charge in [-0.15, -0.1) is 0 Å². The van der Waals surface area contributed by atoms with Gasteiger partial charge in [0, 0.05) is 13.8 Å². The molecule has 0 radical (unpaired) electrons. The minimum Gasteiger partial charge on any atom is -1.00 e. The molecular formula is C12H22Cl2N2O2. The number of carbonyl (C=O) groups is 2. The molecule has 3 saturated heterocycles. The fourth-order valence-electron chi connectivity index (χ4n) is 3.36. The first-order chi connectivity index (χ1) is 7.45. The van der Waals surface area contributed by atoms with Crippen molar-refractivity contribution in [2.45, 2.75) is 13.8 Å². The van der Waals surface area contributed by atoms with Gasteiger partial charge in [0.1, 0.15) is 52.4 Å². The summed E-state index contributed by atoms with van der Waals surface area (Å²) < 4.78 is 1.96. The van der Waals surface area contributed by atoms with Crippen LogP contribution in [0.4, 0.5) is 0 Å². The lowest BCUT2D eigenvalue weighted by atomic mass is 10.1. The summed E-state index contributed by atoms with van der Waals surface area (Å²) in [6, 6.07) is 0. The molecule has 18 heavy (non-hydrogen) atoms. The van der Waals surface area contributed by atoms with Crippen LogP contribution < -0.4 is 24.8 Å². The van der Waals surface area contributed by atoms with E-state index in [2.05, 4.69) is 0 Å². The van der Waals surface area contributed by atoms with E-state index in [0.29, 0.717) is 24.7 Å². The molecule has 3 heterocycles. The van der Waals surface area contributed by atoms with E-state index in [9.17, 15) is 9.59 Å². The van der Waals surface area contributed by atoms with E-state index in [0.717, 1.165) is 48.2 Å². The number of fused-ring (bicyclic) bond motifs is 3. The number of rotatable bonds is 4. The maximum atomic E-state index is 11.3. The molecule has 0 amide bonds. The molecule has 0 unspecified atom stereocenters. The third-order valence-corrected chi connectivity index (χ3v) is 4.26. The minimum atomic E-state index is 0. The SMILES string of the molecule is CC(=O)C[N+]12CC[N+](CC(C)=O)(CC1)CC2.[Cl-].[Cl-]. The normalized spacial score (nSPS) is 33.2. The van der Waals surface area contributed by atoms with Crippen LogP contribution in [0.2, 0.25) is 0 Å². The Hall–Kier alpha value is -0.160. The van der Waals surface area contributed by atoms with Crippen LogP contribution in [0.5, 0.6) is 0 Å². The van der Waals surface area contributed by atoms with Crippen LogP contribution in [0.1, 0.15) is 13.8 Å². The lowest BCUT2D eigenvalue weighted by Gasteiger charge is -2.54. The van der Waals surface area contributed by atoms with E-state index in [1.165, 1.54) is 0 Å². The summed E-state index contributed by atoms with van der Waals surface area (Å²) in [5, 5.41) is 0. The van der Waals surface area contributed by atoms with Crippen molar-refractivity contribution in [1.29, 1.82) is 0 Å². The maximum Gasteiger partial charge on any atom is 0.183 e. The quantitative estimate of drug-likeness (QED) is 0.484. The molecule has 3 rings (SSSR count). The maximum absolute atomic E-state index is 11.3. The first kappa shape index (κ1) is 17.8. The van der Waals surface area contributed by atoms with Crippen LogP contribution >= 0.6 is 0 Å². The van der Waals surface area contributed by atoms with E-state index in [1.54, 1.807) is 13.8 Å². The number of hydrogen-bond donors (Lipinski definition) is 0. The number of hydrogen-bond acceptors (Lipinski definition) is 2. The monoisotopic (exact) mass is 296 g/mol. The first-order valence-corrected chi connectivity index (χ1v) is 6.15. The van der Waals surface area contributed by atoms with E-state index >= 15 is 0 Å². The van der Waals surface area contributed by atoms with Crippen LogP contribution in [0.25, 0.3) is 0 Å². The van der Waals surface area contributed by atoms with Gasteiger partial charge in [0.2, 0.25) is 0 Å². The van der Waals surface area contributed by atoms with Crippen molar-refractivity contribution in [3.05, 3.63) is 0 Å². The molecule has 4 nitrogen and oxygen atoms in total. The molecule has 3 fully saturated rings. The topological polar surface area (TPSA) is 34.1 Å². The van der Waals surface area contributed by atoms with Gasteiger partial charge < -0.3 is 33.8 Å². The van der Waals surface area contributed by atoms with Gasteiger partial charge in [0.05, 0.1) is 0 Å². The lowest BCUT2D eigenvalue weighted by Crippen LogP contribution is -3.00. The predicted molar refractivity (Wildman–Crippen MR) is 60.8 cm³/mol. The van der Waals surface area contributed by atoms with Gasteiger partial charge in [-0.05, 0) is 0 Å². The molecule has 3 aliphatic heterocycles. The van der Waals surface area contributed by atoms with Gasteiger partial charge in [-0.3, -0.25) is 9.59 Å². The zero-order chi connectivity index (χ0) is 11.8. The van der Waals surface area contributed by atoms with Crippen LogP contribution in [0.3, 0.4) is 0 Å². The summed E-state index contributed by atoms with van der Waals surface area (Å²) in [7, 11) is 0. The number of carbonyl (C=O) groups excluding carboxylic acids is 2. The minimum absolute atomic E-state index is 0. The van der Waals surface area contributed by atoms with Gasteiger partial charge in [-0.25, -0.2) is 0 Å². The Labute approximate surface area is 121 Å². The standard InChI is InChI=1S/C12H22N2O2.2ClH/c1-11(15)9-13-3-6-14(7-4-13,8-5-13)10-12(2)16;;/h3-10H2,1-2H3;2*1H/q+2;;/p-2. The molecule has 0 saturated carbocycles. The molecule has 0 aromatic heterocycles. The van der Waals surface area contributed by atoms with Gasteiger partial charge in [-0.2, -0.15) is 0 Å². The van der Waals surface area contributed by atoms with Crippen molar-refractivity contribution < 1.29 is 43.4 Å². The summed E-state index contributed by atoms with van der Waals surface area (Å²) in [5.41, 5.74) is 0. The second-order valence-corrected chi connectivity index (χ2v) is 5.75. The highest BCUT2D eigenvalue weighted by molar-refractivity contribution is 5.77. The van der Waals surface area contributed by atoms with E-state index in [4.69, 9.17) is 0 Å². The van der Waals surface area contributed by atoms with Crippen LogP contribution in [-0.4, -0.2) is 72.9 Å². The van der Waals surface area contributed by atoms with Gasteiger partial charge in [-0.1, -0.05) is 0 Å². The Morgan fingerprint density at radius 3 is 1.11 bits per heavy atom. The molecule has 0 spiro atoms. The Kier molecular flexibility index (Phi) is 6.27. The van der Waals surface area contributed by atoms with Crippen LogP contribution in [0.15, 0.2) is 0 Å². The van der Waals surface area contributed by atoms with Crippen molar-refractivity contribution in [3.63, 3.8) is 0 Å². The Morgan fingerprint density at radius 1 is 0.722 bits per heavy atom. The largest absolute Gasteiger partial charge is 1.00 e. The number of quaternary nitrogens is 2. The Balaban J connectivity index is 0.00000144. The summed E-state index contributed by atoms with van der Waals surface area (Å²) in [4.78, 5) is 22.6. The molecule has 0 N–H and O–H groups in total. The van der Waals surface area contributed by atoms with Crippen molar-refractivity contribution in [2.75, 3.05) is 52.4 Å². The number of nitrogens with zero attached hydrogens (tertiary/aromatic N) is 2. The smallest absolute Gasteiger partial charge is 0.183 e. The highest BCUT2D eigenvalue weighted by atomic mass is 35.5. The second kappa shape index (κ2) is 6.33. The second-order valence-electron chi connectivity index (χ2n) is 5.75. The third kappa shape index (κ3) is 3.67. The molecule has 0 aliphatic carbocycles. The van der Waals surface area contributed by atoms with Crippen molar-refractivity contribution in [1.82, 2.24) is 0 Å². The van der Waals surface area contributed by atoms with E-state index < -0.39 is 0 Å². The molecule has 106 valence electrons. The molecule has 0 atom stereocenters. The fraction of sp³-hybridized carbons (Fsp3) is 0.833. The first-order valence-electron chi connectivity index (χ1n) is 6.15. The fourth-order valence-corrected chi connectivity index (χ4v) is 3.36. The lowest BCUT2D eigenvalue weighted by molar-refractivity contribution is -1.07. The van der Waals surface area contributed by atoms with Crippen molar-refractivity contribution >= 4 is 11.6 Å².